The number of hydrogen-bond acceptors (Lipinski definition) is 7. The third-order valence-corrected chi connectivity index (χ3v) is 4.53. The van der Waals surface area contributed by atoms with Crippen molar-refractivity contribution in [3.8, 4) is 6.07 Å². The Kier molecular flexibility index (Phi) is 5.89. The second kappa shape index (κ2) is 8.52. The maximum atomic E-state index is 13.9. The smallest absolute Gasteiger partial charge is 0.158 e. The molecule has 2 heterocycles. The lowest BCUT2D eigenvalue weighted by atomic mass is 9.89. The molecule has 8 heteroatoms. The summed E-state index contributed by atoms with van der Waals surface area (Å²) in [5.74, 6) is 1.50. The van der Waals surface area contributed by atoms with Crippen molar-refractivity contribution in [3.63, 3.8) is 0 Å². The summed E-state index contributed by atoms with van der Waals surface area (Å²) in [5, 5.41) is 23.1. The predicted octanol–water partition coefficient (Wildman–Crippen LogP) is 3.90. The van der Waals surface area contributed by atoms with E-state index in [1.807, 2.05) is 6.07 Å². The summed E-state index contributed by atoms with van der Waals surface area (Å²) in [5.41, 5.74) is 1.18. The van der Waals surface area contributed by atoms with E-state index in [2.05, 4.69) is 30.8 Å². The van der Waals surface area contributed by atoms with Gasteiger partial charge in [0.15, 0.2) is 11.5 Å². The molecule has 1 unspecified atom stereocenters. The highest BCUT2D eigenvalue weighted by Gasteiger charge is 2.17. The highest BCUT2D eigenvalue weighted by molar-refractivity contribution is 5.59. The van der Waals surface area contributed by atoms with Gasteiger partial charge in [-0.25, -0.2) is 14.4 Å². The molecule has 1 fully saturated rings. The number of nitrogens with one attached hydrogen (secondary N) is 2. The predicted molar refractivity (Wildman–Crippen MR) is 96.6 cm³/mol. The Labute approximate surface area is 152 Å². The van der Waals surface area contributed by atoms with Crippen molar-refractivity contribution in [2.24, 2.45) is 5.92 Å². The lowest BCUT2D eigenvalue weighted by Gasteiger charge is -2.23. The third kappa shape index (κ3) is 4.63. The molecule has 0 aromatic carbocycles. The Balaban J connectivity index is 1.73. The molecule has 0 aliphatic heterocycles. The first-order valence-corrected chi connectivity index (χ1v) is 8.90. The molecule has 26 heavy (non-hydrogen) atoms. The van der Waals surface area contributed by atoms with E-state index in [0.717, 1.165) is 6.54 Å². The van der Waals surface area contributed by atoms with Gasteiger partial charge in [0.25, 0.3) is 0 Å². The van der Waals surface area contributed by atoms with Crippen LogP contribution in [0.3, 0.4) is 0 Å². The van der Waals surface area contributed by atoms with E-state index in [1.165, 1.54) is 51.4 Å². The third-order valence-electron chi connectivity index (χ3n) is 4.53. The zero-order valence-corrected chi connectivity index (χ0v) is 14.7. The molecule has 1 aliphatic rings. The topological polar surface area (TPSA) is 99.4 Å². The van der Waals surface area contributed by atoms with Gasteiger partial charge in [-0.1, -0.05) is 19.3 Å². The molecule has 136 valence electrons. The van der Waals surface area contributed by atoms with E-state index in [9.17, 15) is 4.39 Å². The first kappa shape index (κ1) is 18.0. The van der Waals surface area contributed by atoms with Crippen LogP contribution in [0, 0.1) is 17.2 Å². The number of halogens is 1. The van der Waals surface area contributed by atoms with Crippen LogP contribution in [0.5, 0.6) is 0 Å². The van der Waals surface area contributed by atoms with Crippen molar-refractivity contribution in [2.75, 3.05) is 17.2 Å². The van der Waals surface area contributed by atoms with E-state index in [-0.39, 0.29) is 5.69 Å². The molecule has 0 spiro atoms. The molecule has 0 bridgehead atoms. The van der Waals surface area contributed by atoms with Gasteiger partial charge in [-0.2, -0.15) is 5.26 Å². The highest BCUT2D eigenvalue weighted by atomic mass is 19.1. The van der Waals surface area contributed by atoms with Gasteiger partial charge in [-0.15, -0.1) is 10.2 Å². The van der Waals surface area contributed by atoms with Crippen LogP contribution < -0.4 is 10.6 Å². The lowest BCUT2D eigenvalue weighted by molar-refractivity contribution is 0.361. The van der Waals surface area contributed by atoms with Gasteiger partial charge < -0.3 is 10.6 Å². The summed E-state index contributed by atoms with van der Waals surface area (Å²) in [6.45, 7) is 2.26. The van der Waals surface area contributed by atoms with Crippen molar-refractivity contribution in [1.29, 1.82) is 5.26 Å². The fraction of sp³-hybridized carbons (Fsp3) is 0.500. The molecule has 7 nitrogen and oxygen atoms in total. The summed E-state index contributed by atoms with van der Waals surface area (Å²) >= 11 is 0. The number of hydrogen-bond donors (Lipinski definition) is 2. The fourth-order valence-electron chi connectivity index (χ4n) is 3.12. The minimum atomic E-state index is -1.21. The summed E-state index contributed by atoms with van der Waals surface area (Å²) < 4.78 is 13.9. The van der Waals surface area contributed by atoms with Crippen LogP contribution in [0.15, 0.2) is 18.5 Å². The van der Waals surface area contributed by atoms with Gasteiger partial charge in [-0.3, -0.25) is 0 Å². The Morgan fingerprint density at radius 2 is 2.00 bits per heavy atom. The van der Waals surface area contributed by atoms with Crippen LogP contribution in [0.1, 0.15) is 56.6 Å². The average Bonchev–Trinajstić information content (AvgIpc) is 2.68. The number of alkyl halides is 1. The van der Waals surface area contributed by atoms with Gasteiger partial charge in [0.2, 0.25) is 0 Å². The summed E-state index contributed by atoms with van der Waals surface area (Å²) in [6, 6.07) is 3.65. The second-order valence-corrected chi connectivity index (χ2v) is 6.55. The van der Waals surface area contributed by atoms with Crippen LogP contribution in [-0.4, -0.2) is 26.7 Å². The van der Waals surface area contributed by atoms with Crippen LogP contribution >= 0.6 is 0 Å². The van der Waals surface area contributed by atoms with E-state index in [1.54, 1.807) is 6.07 Å². The van der Waals surface area contributed by atoms with Gasteiger partial charge >= 0.3 is 0 Å². The van der Waals surface area contributed by atoms with Gasteiger partial charge in [0.05, 0.1) is 18.1 Å². The number of aromatic nitrogens is 4. The van der Waals surface area contributed by atoms with Crippen molar-refractivity contribution >= 4 is 17.3 Å². The quantitative estimate of drug-likeness (QED) is 0.810. The number of nitrogens with zero attached hydrogens (tertiary/aromatic N) is 5. The molecule has 1 atom stereocenters. The summed E-state index contributed by atoms with van der Waals surface area (Å²) in [4.78, 5) is 8.04. The maximum absolute atomic E-state index is 13.9. The average molecular weight is 355 g/mol. The summed E-state index contributed by atoms with van der Waals surface area (Å²) in [6.07, 6.45) is 7.85. The molecule has 2 aromatic heterocycles. The first-order valence-electron chi connectivity index (χ1n) is 8.90. The summed E-state index contributed by atoms with van der Waals surface area (Å²) in [7, 11) is 0. The molecule has 1 aliphatic carbocycles. The number of rotatable bonds is 6. The Hall–Kier alpha value is -2.82. The van der Waals surface area contributed by atoms with E-state index in [0.29, 0.717) is 28.9 Å². The Bertz CT molecular complexity index is 764. The molecule has 0 saturated heterocycles. The van der Waals surface area contributed by atoms with Crippen LogP contribution in [-0.2, 0) is 0 Å². The zero-order chi connectivity index (χ0) is 18.4. The largest absolute Gasteiger partial charge is 0.383 e. The van der Waals surface area contributed by atoms with Gasteiger partial charge in [0.1, 0.15) is 23.8 Å². The van der Waals surface area contributed by atoms with Crippen LogP contribution in [0.2, 0.25) is 0 Å². The molecule has 2 N–H and O–H groups in total. The highest BCUT2D eigenvalue weighted by Crippen LogP contribution is 2.28. The maximum Gasteiger partial charge on any atom is 0.158 e. The van der Waals surface area contributed by atoms with Crippen molar-refractivity contribution in [2.45, 2.75) is 45.2 Å². The van der Waals surface area contributed by atoms with E-state index >= 15 is 0 Å². The molecular weight excluding hydrogens is 333 g/mol. The minimum absolute atomic E-state index is 0.234. The van der Waals surface area contributed by atoms with Crippen molar-refractivity contribution in [1.82, 2.24) is 20.2 Å². The van der Waals surface area contributed by atoms with Crippen molar-refractivity contribution < 1.29 is 4.39 Å². The Morgan fingerprint density at radius 3 is 2.65 bits per heavy atom. The standard InChI is InChI=1S/C18H22FN7/c1-12(19)18-15(22-9-13-5-3-2-4-6-13)7-16(25-26-18)24-17-11-21-14(8-20)10-23-17/h7,10-13H,2-6,9H2,1H3,(H2,22,23,24,25). The van der Waals surface area contributed by atoms with Crippen LogP contribution in [0.25, 0.3) is 0 Å². The first-order chi connectivity index (χ1) is 12.7. The molecular formula is C18H22FN7. The van der Waals surface area contributed by atoms with E-state index < -0.39 is 6.17 Å². The number of nitriles is 1. The fourth-order valence-corrected chi connectivity index (χ4v) is 3.12. The van der Waals surface area contributed by atoms with Gasteiger partial charge in [0, 0.05) is 12.6 Å². The SMILES string of the molecule is CC(F)c1nnc(Nc2cnc(C#N)cn2)cc1NCC1CCCCC1. The monoisotopic (exact) mass is 355 g/mol. The normalized spacial score (nSPS) is 15.9. The minimum Gasteiger partial charge on any atom is -0.383 e. The molecule has 1 saturated carbocycles. The Morgan fingerprint density at radius 1 is 1.19 bits per heavy atom. The van der Waals surface area contributed by atoms with Gasteiger partial charge in [-0.05, 0) is 25.7 Å². The van der Waals surface area contributed by atoms with Crippen molar-refractivity contribution in [3.05, 3.63) is 29.8 Å². The molecule has 0 amide bonds. The zero-order valence-electron chi connectivity index (χ0n) is 14.7. The molecule has 3 rings (SSSR count). The van der Waals surface area contributed by atoms with E-state index in [4.69, 9.17) is 5.26 Å². The molecule has 2 aromatic rings. The second-order valence-electron chi connectivity index (χ2n) is 6.55. The lowest BCUT2D eigenvalue weighted by Crippen LogP contribution is -2.18. The van der Waals surface area contributed by atoms with Crippen LogP contribution in [0.4, 0.5) is 21.7 Å². The molecule has 0 radical (unpaired) electrons. The number of anilines is 3.